The molecular formula is C49H62N4O3. The van der Waals surface area contributed by atoms with Crippen molar-refractivity contribution in [2.75, 3.05) is 83.2 Å². The van der Waals surface area contributed by atoms with Crippen LogP contribution in [0.2, 0.25) is 0 Å². The summed E-state index contributed by atoms with van der Waals surface area (Å²) in [5.74, 6) is 2.73. The number of anilines is 4. The zero-order valence-corrected chi connectivity index (χ0v) is 35.4. The van der Waals surface area contributed by atoms with Crippen LogP contribution in [0, 0.1) is 13.8 Å². The quantitative estimate of drug-likeness (QED) is 0.130. The van der Waals surface area contributed by atoms with E-state index in [2.05, 4.69) is 115 Å². The Morgan fingerprint density at radius 3 is 1.36 bits per heavy atom. The highest BCUT2D eigenvalue weighted by Gasteiger charge is 2.09. The Bertz CT molecular complexity index is 1920. The number of methoxy groups -OCH3 is 3. The third kappa shape index (κ3) is 15.0. The summed E-state index contributed by atoms with van der Waals surface area (Å²) in [7, 11) is 17.1. The zero-order valence-electron chi connectivity index (χ0n) is 35.4. The molecule has 0 saturated carbocycles. The molecule has 0 heterocycles. The lowest BCUT2D eigenvalue weighted by molar-refractivity contribution is 0.415. The van der Waals surface area contributed by atoms with Crippen LogP contribution in [0.25, 0.3) is 0 Å². The molecule has 0 spiro atoms. The highest BCUT2D eigenvalue weighted by Crippen LogP contribution is 2.27. The van der Waals surface area contributed by atoms with Crippen LogP contribution in [-0.2, 0) is 13.1 Å². The number of ether oxygens (including phenoxy) is 3. The van der Waals surface area contributed by atoms with Gasteiger partial charge in [0.1, 0.15) is 17.2 Å². The molecule has 0 aliphatic rings. The molecule has 6 rings (SSSR count). The standard InChI is InChI=1S/C21H21N.C10H15NO.2C9H13NO/c1-18-9-8-14-21(15-18)22(16-19-10-4-2-5-11-19)17-20-12-6-3-7-13-20;1-8-5-6-10(12-4)9(7-8)11(2)3;1-10(2)8-4-6-9(11-3)7-5-8;1-10(2)8-6-4-5-7-9(8)11-3/h2-15H,16-17H2,1H3;5-7H,1-4H3;2*4-7H,1-3H3. The van der Waals surface area contributed by atoms with Gasteiger partial charge < -0.3 is 33.8 Å². The van der Waals surface area contributed by atoms with Crippen LogP contribution >= 0.6 is 0 Å². The van der Waals surface area contributed by atoms with E-state index in [1.54, 1.807) is 21.3 Å². The summed E-state index contributed by atoms with van der Waals surface area (Å²) in [4.78, 5) is 8.56. The minimum Gasteiger partial charge on any atom is -0.497 e. The van der Waals surface area contributed by atoms with Gasteiger partial charge in [-0.25, -0.2) is 0 Å². The monoisotopic (exact) mass is 754 g/mol. The summed E-state index contributed by atoms with van der Waals surface area (Å²) in [5.41, 5.74) is 9.90. The van der Waals surface area contributed by atoms with Crippen molar-refractivity contribution in [3.8, 4) is 17.2 Å². The van der Waals surface area contributed by atoms with E-state index >= 15 is 0 Å². The van der Waals surface area contributed by atoms with E-state index < -0.39 is 0 Å². The molecule has 6 aromatic rings. The average Bonchev–Trinajstić information content (AvgIpc) is 3.22. The van der Waals surface area contributed by atoms with Crippen molar-refractivity contribution < 1.29 is 14.2 Å². The van der Waals surface area contributed by atoms with E-state index in [0.717, 1.165) is 41.7 Å². The molecule has 0 aromatic heterocycles. The Hall–Kier alpha value is -6.08. The van der Waals surface area contributed by atoms with Gasteiger partial charge in [-0.2, -0.15) is 0 Å². The molecular weight excluding hydrogens is 693 g/mol. The largest absolute Gasteiger partial charge is 0.497 e. The molecule has 56 heavy (non-hydrogen) atoms. The Labute approximate surface area is 337 Å². The maximum atomic E-state index is 5.22. The molecule has 0 aliphatic heterocycles. The highest BCUT2D eigenvalue weighted by molar-refractivity contribution is 5.59. The summed E-state index contributed by atoms with van der Waals surface area (Å²) in [5, 5.41) is 0. The Morgan fingerprint density at radius 1 is 0.393 bits per heavy atom. The molecule has 0 aliphatic carbocycles. The summed E-state index contributed by atoms with van der Waals surface area (Å²) in [6.07, 6.45) is 0. The van der Waals surface area contributed by atoms with Gasteiger partial charge in [0.15, 0.2) is 0 Å². The molecule has 0 atom stereocenters. The van der Waals surface area contributed by atoms with Crippen molar-refractivity contribution >= 4 is 22.7 Å². The van der Waals surface area contributed by atoms with Crippen LogP contribution in [0.3, 0.4) is 0 Å². The number of hydrogen-bond acceptors (Lipinski definition) is 7. The molecule has 296 valence electrons. The second-order valence-corrected chi connectivity index (χ2v) is 13.9. The molecule has 0 fully saturated rings. The molecule has 0 N–H and O–H groups in total. The zero-order chi connectivity index (χ0) is 40.9. The molecule has 0 amide bonds. The second kappa shape index (κ2) is 23.6. The van der Waals surface area contributed by atoms with Crippen molar-refractivity contribution in [1.29, 1.82) is 0 Å². The fourth-order valence-electron chi connectivity index (χ4n) is 5.70. The average molecular weight is 755 g/mol. The summed E-state index contributed by atoms with van der Waals surface area (Å²) in [6, 6.07) is 52.1. The van der Waals surface area contributed by atoms with Crippen LogP contribution in [0.4, 0.5) is 22.7 Å². The first-order valence-electron chi connectivity index (χ1n) is 18.8. The smallest absolute Gasteiger partial charge is 0.142 e. The van der Waals surface area contributed by atoms with Gasteiger partial charge in [-0.3, -0.25) is 0 Å². The molecule has 7 heteroatoms. The lowest BCUT2D eigenvalue weighted by atomic mass is 10.1. The summed E-state index contributed by atoms with van der Waals surface area (Å²) < 4.78 is 15.4. The fourth-order valence-corrected chi connectivity index (χ4v) is 5.70. The number of nitrogens with zero attached hydrogens (tertiary/aromatic N) is 4. The van der Waals surface area contributed by atoms with Gasteiger partial charge in [0.05, 0.1) is 32.7 Å². The van der Waals surface area contributed by atoms with Gasteiger partial charge in [0.2, 0.25) is 0 Å². The molecule has 0 bridgehead atoms. The second-order valence-electron chi connectivity index (χ2n) is 13.9. The summed E-state index contributed by atoms with van der Waals surface area (Å²) in [6.45, 7) is 6.05. The minimum absolute atomic E-state index is 0.899. The predicted molar refractivity (Wildman–Crippen MR) is 241 cm³/mol. The van der Waals surface area contributed by atoms with E-state index in [9.17, 15) is 0 Å². The van der Waals surface area contributed by atoms with Crippen LogP contribution < -0.4 is 33.8 Å². The van der Waals surface area contributed by atoms with Crippen molar-refractivity contribution in [1.82, 2.24) is 0 Å². The first-order valence-corrected chi connectivity index (χ1v) is 18.8. The van der Waals surface area contributed by atoms with Gasteiger partial charge in [-0.15, -0.1) is 0 Å². The maximum Gasteiger partial charge on any atom is 0.142 e. The van der Waals surface area contributed by atoms with Gasteiger partial charge in [0.25, 0.3) is 0 Å². The highest BCUT2D eigenvalue weighted by atomic mass is 16.5. The predicted octanol–water partition coefficient (Wildman–Crippen LogP) is 10.8. The fraction of sp³-hybridized carbons (Fsp3) is 0.265. The van der Waals surface area contributed by atoms with Crippen LogP contribution in [0.5, 0.6) is 17.2 Å². The molecule has 0 saturated heterocycles. The van der Waals surface area contributed by atoms with Gasteiger partial charge in [-0.1, -0.05) is 91.0 Å². The normalized spacial score (nSPS) is 9.84. The van der Waals surface area contributed by atoms with Gasteiger partial charge >= 0.3 is 0 Å². The third-order valence-corrected chi connectivity index (χ3v) is 8.77. The SMILES string of the molecule is COc1ccc(C)cc1N(C)C.COc1ccc(N(C)C)cc1.COc1ccccc1N(C)C.Cc1cccc(N(Cc2ccccc2)Cc2ccccc2)c1. The van der Waals surface area contributed by atoms with Gasteiger partial charge in [0, 0.05) is 66.8 Å². The Balaban J connectivity index is 0.000000213. The number of para-hydroxylation sites is 2. The maximum absolute atomic E-state index is 5.22. The lowest BCUT2D eigenvalue weighted by Crippen LogP contribution is -2.22. The molecule has 6 aromatic carbocycles. The Kier molecular flexibility index (Phi) is 18.7. The van der Waals surface area contributed by atoms with Crippen LogP contribution in [-0.4, -0.2) is 63.6 Å². The summed E-state index contributed by atoms with van der Waals surface area (Å²) >= 11 is 0. The van der Waals surface area contributed by atoms with Crippen molar-refractivity contribution in [3.63, 3.8) is 0 Å². The lowest BCUT2D eigenvalue weighted by Gasteiger charge is -2.25. The van der Waals surface area contributed by atoms with E-state index in [4.69, 9.17) is 14.2 Å². The van der Waals surface area contributed by atoms with Crippen LogP contribution in [0.1, 0.15) is 22.3 Å². The Morgan fingerprint density at radius 2 is 0.893 bits per heavy atom. The van der Waals surface area contributed by atoms with Crippen molar-refractivity contribution in [2.24, 2.45) is 0 Å². The van der Waals surface area contributed by atoms with E-state index in [0.29, 0.717) is 0 Å². The van der Waals surface area contributed by atoms with E-state index in [1.807, 2.05) is 113 Å². The van der Waals surface area contributed by atoms with E-state index in [1.165, 1.54) is 33.6 Å². The first kappa shape index (κ1) is 44.3. The number of aryl methyl sites for hydroxylation is 2. The van der Waals surface area contributed by atoms with Gasteiger partial charge in [-0.05, 0) is 96.8 Å². The number of hydrogen-bond donors (Lipinski definition) is 0. The topological polar surface area (TPSA) is 40.7 Å². The first-order chi connectivity index (χ1) is 26.9. The number of benzene rings is 6. The molecule has 0 radical (unpaired) electrons. The molecule has 7 nitrogen and oxygen atoms in total. The van der Waals surface area contributed by atoms with E-state index in [-0.39, 0.29) is 0 Å². The van der Waals surface area contributed by atoms with Crippen molar-refractivity contribution in [2.45, 2.75) is 26.9 Å². The van der Waals surface area contributed by atoms with Crippen LogP contribution in [0.15, 0.2) is 152 Å². The minimum atomic E-state index is 0.899. The third-order valence-electron chi connectivity index (χ3n) is 8.77. The number of rotatable bonds is 11. The molecule has 0 unspecified atom stereocenters. The van der Waals surface area contributed by atoms with Crippen molar-refractivity contribution in [3.05, 3.63) is 174 Å².